The third-order valence-corrected chi connectivity index (χ3v) is 4.99. The number of hydrogen-bond acceptors (Lipinski definition) is 4. The first-order valence-electron chi connectivity index (χ1n) is 7.86. The molecule has 1 saturated heterocycles. The van der Waals surface area contributed by atoms with Crippen LogP contribution in [0.1, 0.15) is 49.4 Å². The first-order valence-corrected chi connectivity index (χ1v) is 8.80. The molecule has 0 N–H and O–H groups in total. The summed E-state index contributed by atoms with van der Waals surface area (Å²) in [5, 5.41) is 2.01. The van der Waals surface area contributed by atoms with Crippen LogP contribution in [0.3, 0.4) is 0 Å². The van der Waals surface area contributed by atoms with Gasteiger partial charge in [0, 0.05) is 18.3 Å². The first-order chi connectivity index (χ1) is 10.6. The monoisotopic (exact) mass is 318 g/mol. The second-order valence-corrected chi connectivity index (χ2v) is 6.88. The predicted octanol–water partition coefficient (Wildman–Crippen LogP) is 3.98. The van der Waals surface area contributed by atoms with Gasteiger partial charge in [0.25, 0.3) is 0 Å². The predicted molar refractivity (Wildman–Crippen MR) is 86.7 cm³/mol. The van der Waals surface area contributed by atoms with Crippen LogP contribution in [0.5, 0.6) is 0 Å². The normalized spacial score (nSPS) is 22.0. The Hall–Kier alpha value is -1.62. The van der Waals surface area contributed by atoms with Gasteiger partial charge >= 0.3 is 0 Å². The van der Waals surface area contributed by atoms with Crippen molar-refractivity contribution in [3.8, 4) is 0 Å². The van der Waals surface area contributed by atoms with E-state index < -0.39 is 0 Å². The molecule has 4 nitrogen and oxygen atoms in total. The van der Waals surface area contributed by atoms with Crippen LogP contribution < -0.4 is 0 Å². The lowest BCUT2D eigenvalue weighted by molar-refractivity contribution is -0.136. The van der Waals surface area contributed by atoms with E-state index in [1.54, 1.807) is 11.3 Å². The number of carbonyl (C=O) groups excluding carboxylic acids is 1. The van der Waals surface area contributed by atoms with Gasteiger partial charge in [-0.1, -0.05) is 6.92 Å². The highest BCUT2D eigenvalue weighted by Crippen LogP contribution is 2.35. The van der Waals surface area contributed by atoms with E-state index in [1.807, 2.05) is 34.8 Å². The number of aryl methyl sites for hydroxylation is 2. The lowest BCUT2D eigenvalue weighted by atomic mass is 9.90. The maximum Gasteiger partial charge on any atom is 0.223 e. The summed E-state index contributed by atoms with van der Waals surface area (Å²) in [6.07, 6.45) is 3.29. The molecule has 0 aliphatic carbocycles. The third kappa shape index (κ3) is 3.40. The van der Waals surface area contributed by atoms with E-state index in [9.17, 15) is 4.79 Å². The van der Waals surface area contributed by atoms with Gasteiger partial charge in [0.15, 0.2) is 0 Å². The molecule has 0 unspecified atom stereocenters. The van der Waals surface area contributed by atoms with Crippen molar-refractivity contribution >= 4 is 17.2 Å². The number of furan rings is 1. The molecule has 2 aromatic heterocycles. The van der Waals surface area contributed by atoms with Crippen LogP contribution in [0.4, 0.5) is 0 Å². The molecule has 1 fully saturated rings. The van der Waals surface area contributed by atoms with Crippen molar-refractivity contribution < 1.29 is 9.21 Å². The van der Waals surface area contributed by atoms with E-state index in [2.05, 4.69) is 11.9 Å². The summed E-state index contributed by atoms with van der Waals surface area (Å²) in [7, 11) is 0. The summed E-state index contributed by atoms with van der Waals surface area (Å²) in [6.45, 7) is 5.02. The number of aromatic nitrogens is 1. The molecule has 0 radical (unpaired) electrons. The molecule has 2 aromatic rings. The van der Waals surface area contributed by atoms with E-state index in [0.717, 1.165) is 43.0 Å². The van der Waals surface area contributed by atoms with Gasteiger partial charge in [-0.25, -0.2) is 4.98 Å². The molecule has 0 aromatic carbocycles. The van der Waals surface area contributed by atoms with Gasteiger partial charge in [0.05, 0.1) is 17.2 Å². The van der Waals surface area contributed by atoms with Gasteiger partial charge in [-0.3, -0.25) is 4.79 Å². The summed E-state index contributed by atoms with van der Waals surface area (Å²) in [6, 6.07) is 4.08. The maximum atomic E-state index is 12.7. The topological polar surface area (TPSA) is 46.3 Å². The van der Waals surface area contributed by atoms with Gasteiger partial charge in [-0.2, -0.15) is 0 Å². The van der Waals surface area contributed by atoms with Crippen molar-refractivity contribution in [1.29, 1.82) is 0 Å². The van der Waals surface area contributed by atoms with Gasteiger partial charge < -0.3 is 9.32 Å². The zero-order chi connectivity index (χ0) is 15.5. The van der Waals surface area contributed by atoms with Crippen molar-refractivity contribution in [2.75, 3.05) is 6.54 Å². The van der Waals surface area contributed by atoms with Crippen LogP contribution in [0, 0.1) is 12.8 Å². The summed E-state index contributed by atoms with van der Waals surface area (Å²) >= 11 is 1.58. The number of nitrogens with zero attached hydrogens (tertiary/aromatic N) is 2. The Bertz CT molecular complexity index is 620. The molecule has 2 atom stereocenters. The Labute approximate surface area is 135 Å². The number of amides is 1. The zero-order valence-corrected chi connectivity index (χ0v) is 13.9. The molecule has 5 heteroatoms. The van der Waals surface area contributed by atoms with Gasteiger partial charge in [0.1, 0.15) is 11.5 Å². The van der Waals surface area contributed by atoms with E-state index in [-0.39, 0.29) is 11.9 Å². The number of hydrogen-bond donors (Lipinski definition) is 0. The SMILES string of the molecule is Cc1ccc([C@H]2C[C@@H](C)CCN2C(=O)CCc2cscn2)o1. The van der Waals surface area contributed by atoms with Gasteiger partial charge in [0.2, 0.25) is 5.91 Å². The van der Waals surface area contributed by atoms with Crippen LogP contribution in [0.2, 0.25) is 0 Å². The second-order valence-electron chi connectivity index (χ2n) is 6.16. The molecule has 3 rings (SSSR count). The Morgan fingerprint density at radius 3 is 3.05 bits per heavy atom. The largest absolute Gasteiger partial charge is 0.464 e. The van der Waals surface area contributed by atoms with Crippen LogP contribution in [0.25, 0.3) is 0 Å². The lowest BCUT2D eigenvalue weighted by Crippen LogP contribution is -2.40. The minimum absolute atomic E-state index is 0.0837. The molecule has 0 spiro atoms. The molecular formula is C17H22N2O2S. The molecule has 3 heterocycles. The standard InChI is InChI=1S/C17H22N2O2S/c1-12-7-8-19(15(9-12)16-5-3-13(2)21-16)17(20)6-4-14-10-22-11-18-14/h3,5,10-12,15H,4,6-9H2,1-2H3/t12-,15+/m0/s1. The fourth-order valence-corrected chi connectivity index (χ4v) is 3.67. The fraction of sp³-hybridized carbons (Fsp3) is 0.529. The number of piperidine rings is 1. The highest BCUT2D eigenvalue weighted by molar-refractivity contribution is 7.07. The highest BCUT2D eigenvalue weighted by atomic mass is 32.1. The number of carbonyl (C=O) groups is 1. The van der Waals surface area contributed by atoms with Crippen molar-refractivity contribution in [1.82, 2.24) is 9.88 Å². The molecule has 0 saturated carbocycles. The Kier molecular flexibility index (Phi) is 4.62. The third-order valence-electron chi connectivity index (χ3n) is 4.35. The van der Waals surface area contributed by atoms with E-state index in [1.165, 1.54) is 0 Å². The molecule has 0 bridgehead atoms. The van der Waals surface area contributed by atoms with Crippen LogP contribution in [0.15, 0.2) is 27.4 Å². The minimum Gasteiger partial charge on any atom is -0.464 e. The summed E-state index contributed by atoms with van der Waals surface area (Å²) in [5.74, 6) is 2.66. The number of likely N-dealkylation sites (tertiary alicyclic amines) is 1. The van der Waals surface area contributed by atoms with E-state index in [4.69, 9.17) is 4.42 Å². The Morgan fingerprint density at radius 2 is 2.36 bits per heavy atom. The van der Waals surface area contributed by atoms with Gasteiger partial charge in [-0.15, -0.1) is 11.3 Å². The average Bonchev–Trinajstić information content (AvgIpc) is 3.16. The number of rotatable bonds is 4. The van der Waals surface area contributed by atoms with Crippen molar-refractivity contribution in [2.45, 2.75) is 45.6 Å². The summed E-state index contributed by atoms with van der Waals surface area (Å²) in [4.78, 5) is 18.9. The van der Waals surface area contributed by atoms with Crippen molar-refractivity contribution in [3.63, 3.8) is 0 Å². The second kappa shape index (κ2) is 6.65. The molecule has 22 heavy (non-hydrogen) atoms. The van der Waals surface area contributed by atoms with Gasteiger partial charge in [-0.05, 0) is 44.2 Å². The summed E-state index contributed by atoms with van der Waals surface area (Å²) in [5.41, 5.74) is 2.82. The van der Waals surface area contributed by atoms with Crippen molar-refractivity contribution in [2.24, 2.45) is 5.92 Å². The molecule has 1 aliphatic rings. The zero-order valence-electron chi connectivity index (χ0n) is 13.1. The highest BCUT2D eigenvalue weighted by Gasteiger charge is 2.32. The average molecular weight is 318 g/mol. The van der Waals surface area contributed by atoms with Crippen LogP contribution >= 0.6 is 11.3 Å². The maximum absolute atomic E-state index is 12.7. The number of thiazole rings is 1. The first kappa shape index (κ1) is 15.3. The lowest BCUT2D eigenvalue weighted by Gasteiger charge is -2.37. The molecule has 1 amide bonds. The smallest absolute Gasteiger partial charge is 0.223 e. The van der Waals surface area contributed by atoms with Crippen molar-refractivity contribution in [3.05, 3.63) is 40.2 Å². The summed E-state index contributed by atoms with van der Waals surface area (Å²) < 4.78 is 5.80. The fourth-order valence-electron chi connectivity index (χ4n) is 3.08. The molecule has 1 aliphatic heterocycles. The minimum atomic E-state index is 0.0837. The quantitative estimate of drug-likeness (QED) is 0.856. The molecular weight excluding hydrogens is 296 g/mol. The Balaban J connectivity index is 1.70. The Morgan fingerprint density at radius 1 is 1.50 bits per heavy atom. The van der Waals surface area contributed by atoms with Crippen LogP contribution in [-0.4, -0.2) is 22.3 Å². The van der Waals surface area contributed by atoms with Crippen LogP contribution in [-0.2, 0) is 11.2 Å². The van der Waals surface area contributed by atoms with E-state index >= 15 is 0 Å². The van der Waals surface area contributed by atoms with E-state index in [0.29, 0.717) is 12.3 Å². The molecule has 118 valence electrons.